The zero-order chi connectivity index (χ0) is 16.6. The lowest BCUT2D eigenvalue weighted by Crippen LogP contribution is -2.53. The van der Waals surface area contributed by atoms with Crippen LogP contribution in [-0.2, 0) is 4.79 Å². The topological polar surface area (TPSA) is 69.6 Å². The average molecular weight is 329 g/mol. The van der Waals surface area contributed by atoms with Crippen molar-refractivity contribution in [2.75, 3.05) is 37.6 Å². The molecule has 1 atom stereocenters. The summed E-state index contributed by atoms with van der Waals surface area (Å²) in [5.74, 6) is 0.122. The number of nitrogens with zero attached hydrogens (tertiary/aromatic N) is 5. The first-order valence-corrected chi connectivity index (χ1v) is 8.80. The first kappa shape index (κ1) is 15.4. The van der Waals surface area contributed by atoms with Gasteiger partial charge in [-0.1, -0.05) is 0 Å². The van der Waals surface area contributed by atoms with Crippen LogP contribution in [0, 0.1) is 5.41 Å². The predicted octanol–water partition coefficient (Wildman–Crippen LogP) is 1.51. The second-order valence-electron chi connectivity index (χ2n) is 7.09. The molecule has 128 valence electrons. The molecule has 4 rings (SSSR count). The van der Waals surface area contributed by atoms with Crippen LogP contribution in [0.15, 0.2) is 18.7 Å². The van der Waals surface area contributed by atoms with Gasteiger partial charge in [-0.3, -0.25) is 4.79 Å². The number of amides is 3. The highest BCUT2D eigenvalue weighted by atomic mass is 16.2. The smallest absolute Gasteiger partial charge is 0.320 e. The van der Waals surface area contributed by atoms with Gasteiger partial charge in [0.25, 0.3) is 0 Å². The van der Waals surface area contributed by atoms with E-state index in [1.807, 2.05) is 9.80 Å². The van der Waals surface area contributed by atoms with Crippen LogP contribution in [-0.4, -0.2) is 64.4 Å². The molecule has 3 aliphatic rings. The van der Waals surface area contributed by atoms with E-state index in [0.717, 1.165) is 57.4 Å². The molecule has 1 aromatic rings. The monoisotopic (exact) mass is 329 g/mol. The largest absolute Gasteiger partial charge is 0.325 e. The number of rotatable bonds is 1. The summed E-state index contributed by atoms with van der Waals surface area (Å²) in [5.41, 5.74) is 0.325. The van der Waals surface area contributed by atoms with Gasteiger partial charge in [-0.15, -0.1) is 0 Å². The first-order valence-electron chi connectivity index (χ1n) is 8.80. The zero-order valence-electron chi connectivity index (χ0n) is 13.9. The van der Waals surface area contributed by atoms with Crippen LogP contribution in [0.3, 0.4) is 0 Å². The Hall–Kier alpha value is -2.18. The molecule has 0 saturated carbocycles. The normalized spacial score (nSPS) is 27.3. The Morgan fingerprint density at radius 3 is 2.42 bits per heavy atom. The van der Waals surface area contributed by atoms with Crippen LogP contribution in [0.1, 0.15) is 32.1 Å². The van der Waals surface area contributed by atoms with Crippen LogP contribution in [0.4, 0.5) is 10.5 Å². The summed E-state index contributed by atoms with van der Waals surface area (Å²) in [7, 11) is 0. The molecule has 7 nitrogen and oxygen atoms in total. The van der Waals surface area contributed by atoms with Crippen molar-refractivity contribution in [1.29, 1.82) is 0 Å². The van der Waals surface area contributed by atoms with E-state index in [0.29, 0.717) is 13.1 Å². The van der Waals surface area contributed by atoms with Crippen molar-refractivity contribution in [2.45, 2.75) is 32.1 Å². The minimum Gasteiger partial charge on any atom is -0.325 e. The molecule has 7 heteroatoms. The van der Waals surface area contributed by atoms with E-state index in [-0.39, 0.29) is 11.9 Å². The lowest BCUT2D eigenvalue weighted by atomic mass is 9.78. The maximum absolute atomic E-state index is 13.1. The molecule has 0 radical (unpaired) electrons. The van der Waals surface area contributed by atoms with Gasteiger partial charge in [0.2, 0.25) is 5.91 Å². The molecule has 3 aliphatic heterocycles. The molecule has 1 aromatic heterocycles. The Kier molecular flexibility index (Phi) is 3.86. The standard InChI is InChI=1S/C17H23N5O2/c23-15-17(5-9-22(15)14-10-18-13-19-11-14)4-3-8-21(12-17)16(24)20-6-1-2-7-20/h10-11,13H,1-9,12H2/t17-/m1/s1. The third-order valence-electron chi connectivity index (χ3n) is 5.60. The van der Waals surface area contributed by atoms with E-state index in [1.54, 1.807) is 17.3 Å². The van der Waals surface area contributed by atoms with Crippen molar-refractivity contribution in [1.82, 2.24) is 19.8 Å². The lowest BCUT2D eigenvalue weighted by Gasteiger charge is -2.40. The van der Waals surface area contributed by atoms with E-state index in [2.05, 4.69) is 9.97 Å². The summed E-state index contributed by atoms with van der Waals surface area (Å²) in [6, 6.07) is 0.112. The van der Waals surface area contributed by atoms with E-state index < -0.39 is 5.41 Å². The fraction of sp³-hybridized carbons (Fsp3) is 0.647. The number of carbonyl (C=O) groups is 2. The van der Waals surface area contributed by atoms with Gasteiger partial charge in [-0.25, -0.2) is 14.8 Å². The number of likely N-dealkylation sites (tertiary alicyclic amines) is 2. The van der Waals surface area contributed by atoms with Crippen molar-refractivity contribution in [3.8, 4) is 0 Å². The number of carbonyl (C=O) groups excluding carboxylic acids is 2. The number of hydrogen-bond donors (Lipinski definition) is 0. The summed E-state index contributed by atoms with van der Waals surface area (Å²) in [6.07, 6.45) is 9.56. The van der Waals surface area contributed by atoms with Crippen LogP contribution < -0.4 is 4.90 Å². The zero-order valence-corrected chi connectivity index (χ0v) is 13.9. The summed E-state index contributed by atoms with van der Waals surface area (Å²) in [4.78, 5) is 39.4. The molecule has 0 aliphatic carbocycles. The molecular weight excluding hydrogens is 306 g/mol. The van der Waals surface area contributed by atoms with Gasteiger partial charge in [-0.05, 0) is 32.1 Å². The summed E-state index contributed by atoms with van der Waals surface area (Å²) >= 11 is 0. The minimum atomic E-state index is -0.427. The fourth-order valence-corrected chi connectivity index (χ4v) is 4.28. The number of piperidine rings is 1. The molecular formula is C17H23N5O2. The van der Waals surface area contributed by atoms with E-state index >= 15 is 0 Å². The van der Waals surface area contributed by atoms with Gasteiger partial charge in [0.1, 0.15) is 6.33 Å². The fourth-order valence-electron chi connectivity index (χ4n) is 4.28. The Labute approximate surface area is 141 Å². The lowest BCUT2D eigenvalue weighted by molar-refractivity contribution is -0.127. The van der Waals surface area contributed by atoms with Crippen LogP contribution in [0.2, 0.25) is 0 Å². The SMILES string of the molecule is O=C(N1CCCC1)N1CCC[C@@]2(CCN(c3cncnc3)C2=O)C1. The third-order valence-corrected chi connectivity index (χ3v) is 5.60. The third kappa shape index (κ3) is 2.52. The van der Waals surface area contributed by atoms with Gasteiger partial charge in [0, 0.05) is 32.7 Å². The van der Waals surface area contributed by atoms with Crippen LogP contribution in [0.5, 0.6) is 0 Å². The number of urea groups is 1. The average Bonchev–Trinajstić information content (AvgIpc) is 3.26. The van der Waals surface area contributed by atoms with Gasteiger partial charge in [0.05, 0.1) is 23.5 Å². The van der Waals surface area contributed by atoms with Crippen LogP contribution >= 0.6 is 0 Å². The van der Waals surface area contributed by atoms with Gasteiger partial charge < -0.3 is 14.7 Å². The second kappa shape index (κ2) is 6.03. The van der Waals surface area contributed by atoms with Crippen molar-refractivity contribution >= 4 is 17.6 Å². The van der Waals surface area contributed by atoms with E-state index in [9.17, 15) is 9.59 Å². The molecule has 24 heavy (non-hydrogen) atoms. The summed E-state index contributed by atoms with van der Waals surface area (Å²) in [6.45, 7) is 3.69. The quantitative estimate of drug-likeness (QED) is 0.783. The highest BCUT2D eigenvalue weighted by Crippen LogP contribution is 2.41. The predicted molar refractivity (Wildman–Crippen MR) is 88.4 cm³/mol. The first-order chi connectivity index (χ1) is 11.7. The number of aromatic nitrogens is 2. The molecule has 0 aromatic carbocycles. The minimum absolute atomic E-state index is 0.112. The molecule has 3 amide bonds. The molecule has 0 unspecified atom stereocenters. The molecule has 3 fully saturated rings. The summed E-state index contributed by atoms with van der Waals surface area (Å²) < 4.78 is 0. The highest BCUT2D eigenvalue weighted by molar-refractivity contribution is 6.00. The molecule has 0 bridgehead atoms. The molecule has 4 heterocycles. The van der Waals surface area contributed by atoms with E-state index in [4.69, 9.17) is 0 Å². The Bertz CT molecular complexity index is 631. The molecule has 3 saturated heterocycles. The van der Waals surface area contributed by atoms with Crippen molar-refractivity contribution < 1.29 is 9.59 Å². The second-order valence-corrected chi connectivity index (χ2v) is 7.09. The Balaban J connectivity index is 1.50. The van der Waals surface area contributed by atoms with Crippen molar-refractivity contribution in [2.24, 2.45) is 5.41 Å². The van der Waals surface area contributed by atoms with Gasteiger partial charge in [0.15, 0.2) is 0 Å². The molecule has 0 N–H and O–H groups in total. The maximum Gasteiger partial charge on any atom is 0.320 e. The van der Waals surface area contributed by atoms with Gasteiger partial charge in [-0.2, -0.15) is 0 Å². The number of hydrogen-bond acceptors (Lipinski definition) is 4. The maximum atomic E-state index is 13.1. The highest BCUT2D eigenvalue weighted by Gasteiger charge is 2.50. The van der Waals surface area contributed by atoms with E-state index in [1.165, 1.54) is 6.33 Å². The Morgan fingerprint density at radius 1 is 0.958 bits per heavy atom. The summed E-state index contributed by atoms with van der Waals surface area (Å²) in [5, 5.41) is 0. The van der Waals surface area contributed by atoms with Gasteiger partial charge >= 0.3 is 6.03 Å². The number of anilines is 1. The van der Waals surface area contributed by atoms with Crippen molar-refractivity contribution in [3.63, 3.8) is 0 Å². The van der Waals surface area contributed by atoms with Crippen molar-refractivity contribution in [3.05, 3.63) is 18.7 Å². The Morgan fingerprint density at radius 2 is 1.67 bits per heavy atom. The molecule has 1 spiro atoms. The van der Waals surface area contributed by atoms with Crippen LogP contribution in [0.25, 0.3) is 0 Å².